The highest BCUT2D eigenvalue weighted by Crippen LogP contribution is 2.37. The van der Waals surface area contributed by atoms with Crippen molar-refractivity contribution in [1.29, 1.82) is 0 Å². The molecule has 28 heavy (non-hydrogen) atoms. The summed E-state index contributed by atoms with van der Waals surface area (Å²) in [5, 5.41) is 2.29. The van der Waals surface area contributed by atoms with Gasteiger partial charge in [-0.3, -0.25) is 9.69 Å². The quantitative estimate of drug-likeness (QED) is 0.780. The van der Waals surface area contributed by atoms with Gasteiger partial charge in [0.15, 0.2) is 11.5 Å². The molecule has 1 aliphatic heterocycles. The van der Waals surface area contributed by atoms with Crippen LogP contribution < -0.4 is 14.8 Å². The van der Waals surface area contributed by atoms with Gasteiger partial charge in [0.25, 0.3) is 0 Å². The van der Waals surface area contributed by atoms with E-state index in [9.17, 15) is 18.0 Å². The summed E-state index contributed by atoms with van der Waals surface area (Å²) >= 11 is 5.66. The molecule has 1 aliphatic rings. The van der Waals surface area contributed by atoms with Crippen molar-refractivity contribution in [2.24, 2.45) is 0 Å². The second-order valence-electron chi connectivity index (χ2n) is 6.46. The molecule has 9 heteroatoms. The van der Waals surface area contributed by atoms with Crippen LogP contribution in [0.4, 0.5) is 18.9 Å². The molecule has 0 saturated heterocycles. The minimum atomic E-state index is -4.63. The lowest BCUT2D eigenvalue weighted by molar-refractivity contribution is -0.137. The largest absolute Gasteiger partial charge is 0.454 e. The zero-order chi connectivity index (χ0) is 20.5. The maximum Gasteiger partial charge on any atom is 0.418 e. The van der Waals surface area contributed by atoms with E-state index in [1.54, 1.807) is 24.9 Å². The van der Waals surface area contributed by atoms with Gasteiger partial charge in [0, 0.05) is 11.6 Å². The van der Waals surface area contributed by atoms with Gasteiger partial charge in [0.1, 0.15) is 0 Å². The van der Waals surface area contributed by atoms with E-state index in [0.717, 1.165) is 17.7 Å². The zero-order valence-corrected chi connectivity index (χ0v) is 15.9. The first-order valence-corrected chi connectivity index (χ1v) is 8.79. The Kier molecular flexibility index (Phi) is 5.71. The molecule has 0 spiro atoms. The first-order chi connectivity index (χ1) is 13.1. The van der Waals surface area contributed by atoms with Crippen molar-refractivity contribution in [3.8, 4) is 11.5 Å². The van der Waals surface area contributed by atoms with Crippen molar-refractivity contribution in [2.45, 2.75) is 25.7 Å². The van der Waals surface area contributed by atoms with Crippen molar-refractivity contribution in [3.05, 3.63) is 52.5 Å². The maximum atomic E-state index is 13.2. The van der Waals surface area contributed by atoms with Crippen LogP contribution in [-0.4, -0.2) is 30.7 Å². The minimum absolute atomic E-state index is 0.0571. The molecule has 1 unspecified atom stereocenters. The van der Waals surface area contributed by atoms with E-state index in [2.05, 4.69) is 5.32 Å². The minimum Gasteiger partial charge on any atom is -0.454 e. The van der Waals surface area contributed by atoms with E-state index in [0.29, 0.717) is 18.0 Å². The first kappa shape index (κ1) is 20.3. The van der Waals surface area contributed by atoms with Gasteiger partial charge in [-0.05, 0) is 49.9 Å². The molecule has 1 amide bonds. The van der Waals surface area contributed by atoms with E-state index in [4.69, 9.17) is 21.1 Å². The molecule has 0 aliphatic carbocycles. The number of nitrogens with one attached hydrogen (secondary N) is 1. The van der Waals surface area contributed by atoms with Crippen molar-refractivity contribution in [1.82, 2.24) is 4.90 Å². The van der Waals surface area contributed by atoms with Crippen LogP contribution in [0.5, 0.6) is 11.5 Å². The molecule has 1 atom stereocenters. The molecule has 0 bridgehead atoms. The monoisotopic (exact) mass is 414 g/mol. The highest BCUT2D eigenvalue weighted by atomic mass is 35.5. The molecule has 0 saturated carbocycles. The predicted octanol–water partition coefficient (Wildman–Crippen LogP) is 4.55. The topological polar surface area (TPSA) is 50.8 Å². The smallest absolute Gasteiger partial charge is 0.418 e. The normalized spacial score (nSPS) is 14.2. The second-order valence-corrected chi connectivity index (χ2v) is 6.89. The Morgan fingerprint density at radius 2 is 1.93 bits per heavy atom. The van der Waals surface area contributed by atoms with Crippen LogP contribution in [0.15, 0.2) is 36.4 Å². The third kappa shape index (κ3) is 4.51. The number of ether oxygens (including phenoxy) is 2. The number of fused-ring (bicyclic) bond motifs is 1. The van der Waals surface area contributed by atoms with Crippen molar-refractivity contribution in [3.63, 3.8) is 0 Å². The number of nitrogens with zero attached hydrogens (tertiary/aromatic N) is 1. The number of benzene rings is 2. The Hall–Kier alpha value is -2.45. The van der Waals surface area contributed by atoms with Crippen molar-refractivity contribution < 1.29 is 27.4 Å². The lowest BCUT2D eigenvalue weighted by Crippen LogP contribution is -2.39. The molecule has 0 radical (unpaired) electrons. The Morgan fingerprint density at radius 3 is 2.64 bits per heavy atom. The summed E-state index contributed by atoms with van der Waals surface area (Å²) in [7, 11) is 1.71. The van der Waals surface area contributed by atoms with Crippen molar-refractivity contribution >= 4 is 23.2 Å². The van der Waals surface area contributed by atoms with Gasteiger partial charge in [0.2, 0.25) is 12.7 Å². The predicted molar refractivity (Wildman–Crippen MR) is 98.6 cm³/mol. The number of alkyl halides is 3. The van der Waals surface area contributed by atoms with Crippen LogP contribution in [-0.2, 0) is 17.5 Å². The van der Waals surface area contributed by atoms with Crippen LogP contribution >= 0.6 is 11.6 Å². The average Bonchev–Trinajstić information content (AvgIpc) is 3.09. The highest BCUT2D eigenvalue weighted by molar-refractivity contribution is 6.30. The fourth-order valence-corrected chi connectivity index (χ4v) is 2.93. The number of likely N-dealkylation sites (N-methyl/N-ethyl adjacent to an activating group) is 1. The van der Waals surface area contributed by atoms with Gasteiger partial charge in [-0.2, -0.15) is 13.2 Å². The lowest BCUT2D eigenvalue weighted by Gasteiger charge is -2.24. The van der Waals surface area contributed by atoms with Crippen LogP contribution in [0.3, 0.4) is 0 Å². The summed E-state index contributed by atoms with van der Waals surface area (Å²) in [6.45, 7) is 2.18. The fourth-order valence-electron chi connectivity index (χ4n) is 2.76. The lowest BCUT2D eigenvalue weighted by atomic mass is 10.1. The SMILES string of the molecule is CC(C(=O)Nc1ccc(Cl)cc1C(F)(F)F)N(C)Cc1ccc2c(c1)OCO2. The molecule has 2 aromatic carbocycles. The summed E-state index contributed by atoms with van der Waals surface area (Å²) in [4.78, 5) is 14.2. The summed E-state index contributed by atoms with van der Waals surface area (Å²) in [5.74, 6) is 0.717. The van der Waals surface area contributed by atoms with E-state index in [-0.39, 0.29) is 17.5 Å². The zero-order valence-electron chi connectivity index (χ0n) is 15.1. The summed E-state index contributed by atoms with van der Waals surface area (Å²) in [5.41, 5.74) is -0.432. The average molecular weight is 415 g/mol. The van der Waals surface area contributed by atoms with Crippen molar-refractivity contribution in [2.75, 3.05) is 19.2 Å². The van der Waals surface area contributed by atoms with Crippen LogP contribution in [0.25, 0.3) is 0 Å². The van der Waals surface area contributed by atoms with Gasteiger partial charge < -0.3 is 14.8 Å². The molecule has 3 rings (SSSR count). The molecule has 1 N–H and O–H groups in total. The second kappa shape index (κ2) is 7.89. The standard InChI is InChI=1S/C19H18ClF3N2O3/c1-11(25(2)9-12-3-6-16-17(7-12)28-10-27-16)18(26)24-15-5-4-13(20)8-14(15)19(21,22)23/h3-8,11H,9-10H2,1-2H3,(H,24,26). The maximum absolute atomic E-state index is 13.2. The highest BCUT2D eigenvalue weighted by Gasteiger charge is 2.34. The number of amides is 1. The van der Waals surface area contributed by atoms with E-state index < -0.39 is 23.7 Å². The molecule has 5 nitrogen and oxygen atoms in total. The molecular formula is C19H18ClF3N2O3. The molecule has 2 aromatic rings. The molecule has 0 fully saturated rings. The third-order valence-electron chi connectivity index (χ3n) is 4.45. The van der Waals surface area contributed by atoms with Gasteiger partial charge >= 0.3 is 6.18 Å². The number of rotatable bonds is 5. The number of halogens is 4. The number of carbonyl (C=O) groups is 1. The Labute approximate surface area is 165 Å². The molecule has 1 heterocycles. The Morgan fingerprint density at radius 1 is 1.21 bits per heavy atom. The summed E-state index contributed by atoms with van der Waals surface area (Å²) < 4.78 is 50.2. The number of hydrogen-bond donors (Lipinski definition) is 1. The summed E-state index contributed by atoms with van der Waals surface area (Å²) in [6, 6.07) is 7.99. The van der Waals surface area contributed by atoms with Gasteiger partial charge in [0.05, 0.1) is 17.3 Å². The van der Waals surface area contributed by atoms with Gasteiger partial charge in [-0.15, -0.1) is 0 Å². The first-order valence-electron chi connectivity index (χ1n) is 8.41. The third-order valence-corrected chi connectivity index (χ3v) is 4.69. The fraction of sp³-hybridized carbons (Fsp3) is 0.316. The Bertz CT molecular complexity index is 889. The van der Waals surface area contributed by atoms with E-state index >= 15 is 0 Å². The number of hydrogen-bond acceptors (Lipinski definition) is 4. The van der Waals surface area contributed by atoms with Crippen LogP contribution in [0.1, 0.15) is 18.1 Å². The van der Waals surface area contributed by atoms with E-state index in [1.165, 1.54) is 6.07 Å². The van der Waals surface area contributed by atoms with Crippen LogP contribution in [0, 0.1) is 0 Å². The molecule has 150 valence electrons. The number of carbonyl (C=O) groups excluding carboxylic acids is 1. The van der Waals surface area contributed by atoms with Gasteiger partial charge in [-0.25, -0.2) is 0 Å². The Balaban J connectivity index is 1.69. The molecule has 0 aromatic heterocycles. The molecular weight excluding hydrogens is 397 g/mol. The number of anilines is 1. The van der Waals surface area contributed by atoms with E-state index in [1.807, 2.05) is 12.1 Å². The van der Waals surface area contributed by atoms with Crippen LogP contribution in [0.2, 0.25) is 5.02 Å². The summed E-state index contributed by atoms with van der Waals surface area (Å²) in [6.07, 6.45) is -4.63. The van der Waals surface area contributed by atoms with Gasteiger partial charge in [-0.1, -0.05) is 17.7 Å².